The summed E-state index contributed by atoms with van der Waals surface area (Å²) < 4.78 is 49.9. The molecule has 0 fully saturated rings. The van der Waals surface area contributed by atoms with Crippen molar-refractivity contribution in [2.75, 3.05) is 7.11 Å². The van der Waals surface area contributed by atoms with Crippen molar-refractivity contribution in [3.8, 4) is 5.75 Å². The molecule has 0 N–H and O–H groups in total. The first-order valence-corrected chi connectivity index (χ1v) is 6.78. The van der Waals surface area contributed by atoms with Crippen LogP contribution in [0.2, 0.25) is 0 Å². The number of rotatable bonds is 5. The van der Waals surface area contributed by atoms with Crippen molar-refractivity contribution in [1.82, 2.24) is 0 Å². The maximum absolute atomic E-state index is 13.1. The zero-order valence-corrected chi connectivity index (χ0v) is 12.4. The largest absolute Gasteiger partial charge is 0.496 e. The summed E-state index contributed by atoms with van der Waals surface area (Å²) >= 11 is 0. The molecule has 22 heavy (non-hydrogen) atoms. The van der Waals surface area contributed by atoms with Crippen LogP contribution in [0, 0.1) is 6.92 Å². The smallest absolute Gasteiger partial charge is 0.416 e. The molecule has 0 radical (unpaired) electrons. The van der Waals surface area contributed by atoms with Crippen molar-refractivity contribution < 1.29 is 22.6 Å². The molecule has 0 atom stereocenters. The van der Waals surface area contributed by atoms with Crippen molar-refractivity contribution in [3.05, 3.63) is 64.7 Å². The summed E-state index contributed by atoms with van der Waals surface area (Å²) in [6.07, 6.45) is -4.41. The summed E-state index contributed by atoms with van der Waals surface area (Å²) in [6.45, 7) is 1.72. The minimum Gasteiger partial charge on any atom is -0.496 e. The van der Waals surface area contributed by atoms with Crippen LogP contribution in [0.3, 0.4) is 0 Å². The van der Waals surface area contributed by atoms with E-state index in [1.165, 1.54) is 13.2 Å². The Labute approximate surface area is 127 Å². The number of hydrogen-bond donors (Lipinski definition) is 0. The first-order chi connectivity index (χ1) is 10.4. The highest BCUT2D eigenvalue weighted by Gasteiger charge is 2.34. The standard InChI is InChI=1S/C17H17F3O2/c1-12-8-15(17(18,19)20)14(9-16(12)21-2)11-22-10-13-6-4-3-5-7-13/h3-9H,10-11H2,1-2H3. The number of methoxy groups -OCH3 is 1. The van der Waals surface area contributed by atoms with E-state index in [0.717, 1.165) is 11.6 Å². The SMILES string of the molecule is COc1cc(COCc2ccccc2)c(C(F)(F)F)cc1C. The van der Waals surface area contributed by atoms with E-state index < -0.39 is 11.7 Å². The van der Waals surface area contributed by atoms with Crippen LogP contribution in [-0.2, 0) is 24.1 Å². The van der Waals surface area contributed by atoms with Crippen LogP contribution in [0.5, 0.6) is 5.75 Å². The van der Waals surface area contributed by atoms with Gasteiger partial charge in [-0.25, -0.2) is 0 Å². The Bertz CT molecular complexity index is 622. The van der Waals surface area contributed by atoms with E-state index in [1.807, 2.05) is 30.3 Å². The van der Waals surface area contributed by atoms with Crippen LogP contribution in [0.25, 0.3) is 0 Å². The number of alkyl halides is 3. The van der Waals surface area contributed by atoms with Crippen LogP contribution in [0.15, 0.2) is 42.5 Å². The van der Waals surface area contributed by atoms with Gasteiger partial charge in [0.1, 0.15) is 5.75 Å². The van der Waals surface area contributed by atoms with Gasteiger partial charge in [-0.3, -0.25) is 0 Å². The number of ether oxygens (including phenoxy) is 2. The van der Waals surface area contributed by atoms with Gasteiger partial charge in [0, 0.05) is 0 Å². The van der Waals surface area contributed by atoms with Gasteiger partial charge in [-0.15, -0.1) is 0 Å². The molecule has 0 amide bonds. The lowest BCUT2D eigenvalue weighted by molar-refractivity contribution is -0.139. The van der Waals surface area contributed by atoms with E-state index >= 15 is 0 Å². The average Bonchev–Trinajstić information content (AvgIpc) is 2.48. The van der Waals surface area contributed by atoms with Gasteiger partial charge in [-0.05, 0) is 35.7 Å². The Balaban J connectivity index is 2.18. The summed E-state index contributed by atoms with van der Waals surface area (Å²) in [5, 5.41) is 0. The minimum absolute atomic E-state index is 0.0749. The van der Waals surface area contributed by atoms with Crippen molar-refractivity contribution in [1.29, 1.82) is 0 Å². The average molecular weight is 310 g/mol. The summed E-state index contributed by atoms with van der Waals surface area (Å²) in [4.78, 5) is 0. The number of benzene rings is 2. The second-order valence-electron chi connectivity index (χ2n) is 4.96. The van der Waals surface area contributed by atoms with Crippen molar-refractivity contribution in [3.63, 3.8) is 0 Å². The summed E-state index contributed by atoms with van der Waals surface area (Å²) in [7, 11) is 1.43. The molecular weight excluding hydrogens is 293 g/mol. The third-order valence-corrected chi connectivity index (χ3v) is 3.30. The highest BCUT2D eigenvalue weighted by atomic mass is 19.4. The highest BCUT2D eigenvalue weighted by molar-refractivity contribution is 5.43. The lowest BCUT2D eigenvalue weighted by Gasteiger charge is -2.16. The van der Waals surface area contributed by atoms with E-state index in [0.29, 0.717) is 11.3 Å². The summed E-state index contributed by atoms with van der Waals surface area (Å²) in [6, 6.07) is 11.8. The molecule has 5 heteroatoms. The third-order valence-electron chi connectivity index (χ3n) is 3.30. The van der Waals surface area contributed by atoms with Crippen LogP contribution in [0.4, 0.5) is 13.2 Å². The fourth-order valence-electron chi connectivity index (χ4n) is 2.19. The Morgan fingerprint density at radius 2 is 1.68 bits per heavy atom. The van der Waals surface area contributed by atoms with Gasteiger partial charge in [-0.1, -0.05) is 30.3 Å². The Hall–Kier alpha value is -2.01. The predicted octanol–water partition coefficient (Wildman–Crippen LogP) is 4.74. The zero-order valence-electron chi connectivity index (χ0n) is 12.4. The molecule has 0 saturated heterocycles. The Morgan fingerprint density at radius 3 is 2.27 bits per heavy atom. The Kier molecular flexibility index (Phi) is 5.08. The van der Waals surface area contributed by atoms with Gasteiger partial charge >= 0.3 is 6.18 Å². The summed E-state index contributed by atoms with van der Waals surface area (Å²) in [5.74, 6) is 0.423. The van der Waals surface area contributed by atoms with Crippen molar-refractivity contribution in [2.24, 2.45) is 0 Å². The first-order valence-electron chi connectivity index (χ1n) is 6.78. The van der Waals surface area contributed by atoms with E-state index in [4.69, 9.17) is 9.47 Å². The fourth-order valence-corrected chi connectivity index (χ4v) is 2.19. The first kappa shape index (κ1) is 16.4. The van der Waals surface area contributed by atoms with Crippen LogP contribution in [-0.4, -0.2) is 7.11 Å². The monoisotopic (exact) mass is 310 g/mol. The molecule has 0 aliphatic heterocycles. The van der Waals surface area contributed by atoms with E-state index in [1.54, 1.807) is 6.92 Å². The molecule has 2 nitrogen and oxygen atoms in total. The molecule has 0 heterocycles. The van der Waals surface area contributed by atoms with E-state index in [-0.39, 0.29) is 18.8 Å². The molecule has 2 aromatic carbocycles. The lowest BCUT2D eigenvalue weighted by atomic mass is 10.0. The van der Waals surface area contributed by atoms with Gasteiger partial charge in [0.05, 0.1) is 25.9 Å². The third kappa shape index (κ3) is 4.01. The minimum atomic E-state index is -4.41. The second-order valence-corrected chi connectivity index (χ2v) is 4.96. The molecule has 0 aliphatic rings. The molecular formula is C17H17F3O2. The molecule has 0 bridgehead atoms. The molecule has 0 aliphatic carbocycles. The molecule has 0 unspecified atom stereocenters. The van der Waals surface area contributed by atoms with Gasteiger partial charge in [-0.2, -0.15) is 13.2 Å². The fraction of sp³-hybridized carbons (Fsp3) is 0.294. The van der Waals surface area contributed by atoms with Crippen LogP contribution < -0.4 is 4.74 Å². The Morgan fingerprint density at radius 1 is 1.00 bits per heavy atom. The van der Waals surface area contributed by atoms with E-state index in [9.17, 15) is 13.2 Å². The normalized spacial score (nSPS) is 11.5. The molecule has 2 rings (SSSR count). The van der Waals surface area contributed by atoms with E-state index in [2.05, 4.69) is 0 Å². The van der Waals surface area contributed by atoms with Crippen LogP contribution in [0.1, 0.15) is 22.3 Å². The molecule has 2 aromatic rings. The number of halogens is 3. The maximum atomic E-state index is 13.1. The topological polar surface area (TPSA) is 18.5 Å². The lowest BCUT2D eigenvalue weighted by Crippen LogP contribution is -2.11. The number of aryl methyl sites for hydroxylation is 1. The van der Waals surface area contributed by atoms with Crippen molar-refractivity contribution in [2.45, 2.75) is 26.3 Å². The zero-order chi connectivity index (χ0) is 16.2. The van der Waals surface area contributed by atoms with Crippen molar-refractivity contribution >= 4 is 0 Å². The molecule has 0 aromatic heterocycles. The number of hydrogen-bond acceptors (Lipinski definition) is 2. The quantitative estimate of drug-likeness (QED) is 0.794. The highest BCUT2D eigenvalue weighted by Crippen LogP contribution is 2.36. The maximum Gasteiger partial charge on any atom is 0.416 e. The predicted molar refractivity (Wildman–Crippen MR) is 77.7 cm³/mol. The molecule has 0 saturated carbocycles. The van der Waals surface area contributed by atoms with Gasteiger partial charge in [0.25, 0.3) is 0 Å². The van der Waals surface area contributed by atoms with Gasteiger partial charge < -0.3 is 9.47 Å². The van der Waals surface area contributed by atoms with Gasteiger partial charge in [0.2, 0.25) is 0 Å². The summed E-state index contributed by atoms with van der Waals surface area (Å²) in [5.41, 5.74) is 0.751. The second kappa shape index (κ2) is 6.83. The molecule has 118 valence electrons. The van der Waals surface area contributed by atoms with Gasteiger partial charge in [0.15, 0.2) is 0 Å². The molecule has 0 spiro atoms. The van der Waals surface area contributed by atoms with Crippen LogP contribution >= 0.6 is 0 Å².